The number of amides is 3. The second kappa shape index (κ2) is 14.7. The summed E-state index contributed by atoms with van der Waals surface area (Å²) in [6.45, 7) is 4.50. The molecule has 1 aliphatic heterocycles. The highest BCUT2D eigenvalue weighted by atomic mass is 127. The van der Waals surface area contributed by atoms with E-state index in [-0.39, 0.29) is 50.0 Å². The Morgan fingerprint density at radius 1 is 1.24 bits per heavy atom. The van der Waals surface area contributed by atoms with E-state index in [0.717, 1.165) is 0 Å². The van der Waals surface area contributed by atoms with Crippen LogP contribution in [0.5, 0.6) is 0 Å². The highest BCUT2D eigenvalue weighted by molar-refractivity contribution is 14.1. The molecule has 0 radical (unpaired) electrons. The molecule has 4 unspecified atom stereocenters. The highest BCUT2D eigenvalue weighted by Gasteiger charge is 2.31. The number of nitrogens with zero attached hydrogens (tertiary/aromatic N) is 2. The monoisotopic (exact) mass is 645 g/mol. The van der Waals surface area contributed by atoms with Gasteiger partial charge in [0.25, 0.3) is 5.69 Å². The van der Waals surface area contributed by atoms with Crippen LogP contribution in [0.3, 0.4) is 0 Å². The summed E-state index contributed by atoms with van der Waals surface area (Å²) in [7, 11) is 0. The Hall–Kier alpha value is -3.21. The number of nitrogens with one attached hydrogen (secondary N) is 4. The van der Waals surface area contributed by atoms with E-state index >= 15 is 0 Å². The maximum atomic E-state index is 13.4. The molecule has 0 aromatic heterocycles. The summed E-state index contributed by atoms with van der Waals surface area (Å²) in [4.78, 5) is 53.6. The van der Waals surface area contributed by atoms with Gasteiger partial charge in [0.05, 0.1) is 16.7 Å². The first-order valence-electron chi connectivity index (χ1n) is 12.3. The van der Waals surface area contributed by atoms with Gasteiger partial charge in [0.2, 0.25) is 17.7 Å². The van der Waals surface area contributed by atoms with E-state index in [0.29, 0.717) is 27.7 Å². The van der Waals surface area contributed by atoms with Gasteiger partial charge in [-0.1, -0.05) is 20.3 Å². The molecule has 1 aliphatic rings. The molecular formula is C23H36IN9O5. The number of nitro benzene ring substituents is 1. The maximum absolute atomic E-state index is 13.4. The molecule has 0 aliphatic carbocycles. The lowest BCUT2D eigenvalue weighted by Gasteiger charge is -2.28. The molecule has 210 valence electrons. The summed E-state index contributed by atoms with van der Waals surface area (Å²) in [5.41, 5.74) is 17.4. The van der Waals surface area contributed by atoms with E-state index in [1.54, 1.807) is 0 Å². The van der Waals surface area contributed by atoms with Crippen LogP contribution in [-0.2, 0) is 20.9 Å². The lowest BCUT2D eigenvalue weighted by atomic mass is 9.97. The van der Waals surface area contributed by atoms with Crippen LogP contribution >= 0.6 is 22.6 Å². The van der Waals surface area contributed by atoms with Crippen molar-refractivity contribution in [3.05, 3.63) is 31.4 Å². The number of fused-ring (bicyclic) bond motifs is 1. The number of primary amides is 1. The number of non-ortho nitro benzene ring substituents is 1. The number of anilines is 1. The van der Waals surface area contributed by atoms with E-state index in [9.17, 15) is 24.5 Å². The van der Waals surface area contributed by atoms with E-state index in [1.807, 2.05) is 36.4 Å². The third kappa shape index (κ3) is 8.97. The van der Waals surface area contributed by atoms with E-state index < -0.39 is 40.8 Å². The smallest absolute Gasteiger partial charge is 0.270 e. The second-order valence-electron chi connectivity index (χ2n) is 9.15. The average Bonchev–Trinajstić information content (AvgIpc) is 2.85. The number of rotatable bonds is 8. The van der Waals surface area contributed by atoms with E-state index in [1.165, 1.54) is 12.1 Å². The molecule has 1 heterocycles. The van der Waals surface area contributed by atoms with Gasteiger partial charge in [-0.25, -0.2) is 0 Å². The number of carbonyl (C=O) groups excluding carboxylic acids is 3. The van der Waals surface area contributed by atoms with Crippen molar-refractivity contribution in [3.8, 4) is 0 Å². The maximum Gasteiger partial charge on any atom is 0.270 e. The van der Waals surface area contributed by atoms with Gasteiger partial charge < -0.3 is 38.5 Å². The Balaban J connectivity index is 2.45. The fourth-order valence-corrected chi connectivity index (χ4v) is 4.89. The van der Waals surface area contributed by atoms with Gasteiger partial charge in [-0.2, -0.15) is 0 Å². The summed E-state index contributed by atoms with van der Waals surface area (Å²) >= 11 is 2.00. The number of hydrogen-bond donors (Lipinski definition) is 7. The Morgan fingerprint density at radius 3 is 2.55 bits per heavy atom. The van der Waals surface area contributed by atoms with Crippen molar-refractivity contribution in [1.82, 2.24) is 16.0 Å². The molecule has 10 N–H and O–H groups in total. The van der Waals surface area contributed by atoms with Crippen LogP contribution in [-0.4, -0.2) is 59.8 Å². The van der Waals surface area contributed by atoms with Gasteiger partial charge in [-0.3, -0.25) is 29.5 Å². The minimum Gasteiger partial charge on any atom is -0.384 e. The first-order chi connectivity index (χ1) is 17.9. The van der Waals surface area contributed by atoms with Crippen molar-refractivity contribution in [1.29, 1.82) is 0 Å². The van der Waals surface area contributed by atoms with Crippen LogP contribution in [0.15, 0.2) is 17.1 Å². The summed E-state index contributed by atoms with van der Waals surface area (Å²) in [5, 5.41) is 23.4. The highest BCUT2D eigenvalue weighted by Crippen LogP contribution is 2.29. The molecule has 14 nitrogen and oxygen atoms in total. The average molecular weight is 646 g/mol. The van der Waals surface area contributed by atoms with Crippen molar-refractivity contribution in [2.45, 2.75) is 64.2 Å². The zero-order chi connectivity index (χ0) is 28.4. The summed E-state index contributed by atoms with van der Waals surface area (Å²) in [6, 6.07) is 0.228. The summed E-state index contributed by atoms with van der Waals surface area (Å²) < 4.78 is 0.603. The van der Waals surface area contributed by atoms with Crippen molar-refractivity contribution in [2.24, 2.45) is 28.1 Å². The molecule has 2 rings (SSSR count). The molecule has 38 heavy (non-hydrogen) atoms. The number of aliphatic imine (C=N–C) groups is 1. The molecule has 1 aromatic rings. The van der Waals surface area contributed by atoms with Gasteiger partial charge in [0, 0.05) is 35.3 Å². The zero-order valence-electron chi connectivity index (χ0n) is 21.5. The lowest BCUT2D eigenvalue weighted by molar-refractivity contribution is -0.385. The summed E-state index contributed by atoms with van der Waals surface area (Å²) in [5.74, 6) is -1.89. The minimum absolute atomic E-state index is 0.0782. The fourth-order valence-electron chi connectivity index (χ4n) is 4.03. The second-order valence-corrected chi connectivity index (χ2v) is 10.3. The molecule has 15 heteroatoms. The molecule has 4 atom stereocenters. The Bertz CT molecular complexity index is 1060. The van der Waals surface area contributed by atoms with Crippen LogP contribution in [0.1, 0.15) is 45.1 Å². The first-order valence-corrected chi connectivity index (χ1v) is 13.4. The van der Waals surface area contributed by atoms with Crippen LogP contribution in [0.25, 0.3) is 0 Å². The van der Waals surface area contributed by atoms with Crippen LogP contribution < -0.4 is 38.5 Å². The van der Waals surface area contributed by atoms with Gasteiger partial charge in [-0.05, 0) is 53.3 Å². The van der Waals surface area contributed by atoms with Gasteiger partial charge in [0.1, 0.15) is 12.1 Å². The predicted octanol–water partition coefficient (Wildman–Crippen LogP) is 0.0278. The molecular weight excluding hydrogens is 609 g/mol. The topological polar surface area (TPSA) is 233 Å². The van der Waals surface area contributed by atoms with Crippen molar-refractivity contribution in [3.63, 3.8) is 0 Å². The number of nitro groups is 1. The predicted molar refractivity (Wildman–Crippen MR) is 152 cm³/mol. The molecule has 0 spiro atoms. The lowest BCUT2D eigenvalue weighted by Crippen LogP contribution is -2.57. The van der Waals surface area contributed by atoms with Crippen molar-refractivity contribution < 1.29 is 19.3 Å². The standard InChI is InChI=1S/C23H36IN9O5/c1-3-12(2)18-22(36)32-17(5-4-7-29-23(26)27)21(35)31-16(20(25)34)6-8-28-19-13(11-30-18)9-14(33(37)38)10-15(19)24/h9-10,12,16-18,28,30H,3-8,11H2,1-2H3,(H2,25,34)(H,31,35)(H,32,36)(H4,26,27,29). The largest absolute Gasteiger partial charge is 0.384 e. The fraction of sp³-hybridized carbons (Fsp3) is 0.565. The normalized spacial score (nSPS) is 21.5. The Kier molecular flexibility index (Phi) is 12.0. The third-order valence-corrected chi connectivity index (χ3v) is 7.20. The van der Waals surface area contributed by atoms with E-state index in [4.69, 9.17) is 17.2 Å². The van der Waals surface area contributed by atoms with Crippen LogP contribution in [0.2, 0.25) is 0 Å². The molecule has 0 saturated heterocycles. The zero-order valence-corrected chi connectivity index (χ0v) is 23.6. The van der Waals surface area contributed by atoms with Crippen LogP contribution in [0.4, 0.5) is 11.4 Å². The summed E-state index contributed by atoms with van der Waals surface area (Å²) in [6.07, 6.45) is 1.44. The molecule has 0 saturated carbocycles. The Labute approximate surface area is 234 Å². The number of halogens is 1. The van der Waals surface area contributed by atoms with Crippen LogP contribution in [0, 0.1) is 19.6 Å². The SMILES string of the molecule is CCC(C)C1NCc2cc([N+](=O)[O-])cc(I)c2NCCC(C(N)=O)NC(=O)C(CCCN=C(N)N)NC1=O. The Morgan fingerprint density at radius 2 is 1.95 bits per heavy atom. The van der Waals surface area contributed by atoms with Gasteiger partial charge in [0.15, 0.2) is 5.96 Å². The molecule has 1 aromatic carbocycles. The number of benzene rings is 1. The minimum atomic E-state index is -1.00. The van der Waals surface area contributed by atoms with Gasteiger partial charge >= 0.3 is 0 Å². The number of carbonyl (C=O) groups is 3. The molecule has 3 amide bonds. The van der Waals surface area contributed by atoms with E-state index in [2.05, 4.69) is 26.3 Å². The quantitative estimate of drug-likeness (QED) is 0.0504. The third-order valence-electron chi connectivity index (χ3n) is 6.35. The number of hydrogen-bond acceptors (Lipinski definition) is 8. The van der Waals surface area contributed by atoms with Crippen molar-refractivity contribution >= 4 is 57.6 Å². The number of guanidine groups is 1. The van der Waals surface area contributed by atoms with Gasteiger partial charge in [-0.15, -0.1) is 0 Å². The number of nitrogens with two attached hydrogens (primary N) is 3. The molecule has 0 fully saturated rings. The first kappa shape index (κ1) is 31.0. The molecule has 0 bridgehead atoms. The van der Waals surface area contributed by atoms with Crippen molar-refractivity contribution in [2.75, 3.05) is 18.4 Å².